The van der Waals surface area contributed by atoms with Gasteiger partial charge in [0.25, 0.3) is 0 Å². The molecule has 4 heteroatoms. The van der Waals surface area contributed by atoms with E-state index in [0.717, 1.165) is 19.5 Å². The lowest BCUT2D eigenvalue weighted by molar-refractivity contribution is 0.240. The van der Waals surface area contributed by atoms with Crippen LogP contribution in [0, 0.1) is 0 Å². The molecule has 0 aliphatic heterocycles. The summed E-state index contributed by atoms with van der Waals surface area (Å²) < 4.78 is 0. The summed E-state index contributed by atoms with van der Waals surface area (Å²) in [5, 5.41) is 5.43. The van der Waals surface area contributed by atoms with Crippen molar-refractivity contribution in [2.45, 2.75) is 27.2 Å². The van der Waals surface area contributed by atoms with Gasteiger partial charge in [-0.3, -0.25) is 0 Å². The monoisotopic (exact) mass is 205 g/mol. The highest BCUT2D eigenvalue weighted by Crippen LogP contribution is 1.80. The largest absolute Gasteiger partial charge is 0.338 e. The molecule has 0 saturated carbocycles. The smallest absolute Gasteiger partial charge is 0.314 e. The molecular formula is C10H27N3O. The van der Waals surface area contributed by atoms with E-state index in [1.807, 2.05) is 34.9 Å². The minimum absolute atomic E-state index is 0. The summed E-state index contributed by atoms with van der Waals surface area (Å²) >= 11 is 0. The van der Waals surface area contributed by atoms with Crippen LogP contribution in [-0.2, 0) is 0 Å². The number of carbonyl (C=O) groups is 1. The molecule has 0 aromatic carbocycles. The van der Waals surface area contributed by atoms with E-state index in [9.17, 15) is 4.79 Å². The Kier molecular flexibility index (Phi) is 13.7. The first kappa shape index (κ1) is 15.7. The van der Waals surface area contributed by atoms with Gasteiger partial charge in [-0.05, 0) is 34.0 Å². The van der Waals surface area contributed by atoms with Crippen LogP contribution in [0.3, 0.4) is 0 Å². The average Bonchev–Trinajstić information content (AvgIpc) is 2.16. The van der Waals surface area contributed by atoms with E-state index in [2.05, 4.69) is 15.5 Å². The molecule has 2 N–H and O–H groups in total. The predicted molar refractivity (Wildman–Crippen MR) is 63.7 cm³/mol. The lowest BCUT2D eigenvalue weighted by atomic mass is 10.4. The van der Waals surface area contributed by atoms with E-state index >= 15 is 0 Å². The van der Waals surface area contributed by atoms with Crippen molar-refractivity contribution >= 4 is 6.03 Å². The summed E-state index contributed by atoms with van der Waals surface area (Å²) in [6, 6.07) is -0.0729. The highest BCUT2D eigenvalue weighted by molar-refractivity contribution is 5.73. The third-order valence-corrected chi connectivity index (χ3v) is 1.40. The van der Waals surface area contributed by atoms with Gasteiger partial charge in [-0.25, -0.2) is 4.79 Å². The molecule has 0 rings (SSSR count). The summed E-state index contributed by atoms with van der Waals surface area (Å²) in [6.07, 6.45) is 0.990. The maximum absolute atomic E-state index is 10.9. The van der Waals surface area contributed by atoms with Crippen molar-refractivity contribution in [2.75, 3.05) is 33.7 Å². The molecule has 0 aromatic heterocycles. The first-order chi connectivity index (χ1) is 6.66. The third-order valence-electron chi connectivity index (χ3n) is 1.40. The molecule has 0 fully saturated rings. The van der Waals surface area contributed by atoms with Crippen molar-refractivity contribution in [2.24, 2.45) is 0 Å². The van der Waals surface area contributed by atoms with Gasteiger partial charge in [0.1, 0.15) is 0 Å². The van der Waals surface area contributed by atoms with E-state index in [0.29, 0.717) is 6.54 Å². The van der Waals surface area contributed by atoms with Crippen molar-refractivity contribution < 1.29 is 6.22 Å². The maximum atomic E-state index is 10.9. The van der Waals surface area contributed by atoms with E-state index in [4.69, 9.17) is 0 Å². The first-order valence-electron chi connectivity index (χ1n) is 5.33. The van der Waals surface area contributed by atoms with Gasteiger partial charge in [-0.15, -0.1) is 0 Å². The van der Waals surface area contributed by atoms with Gasteiger partial charge in [0.15, 0.2) is 0 Å². The van der Waals surface area contributed by atoms with Crippen LogP contribution < -0.4 is 10.6 Å². The molecule has 0 radical (unpaired) electrons. The summed E-state index contributed by atoms with van der Waals surface area (Å²) in [4.78, 5) is 12.9. The molecule has 2 amide bonds. The van der Waals surface area contributed by atoms with Crippen LogP contribution in [0.1, 0.15) is 28.6 Å². The highest BCUT2D eigenvalue weighted by atomic mass is 16.2. The number of rotatable bonds is 5. The van der Waals surface area contributed by atoms with Crippen molar-refractivity contribution in [3.8, 4) is 0 Å². The Morgan fingerprint density at radius 2 is 1.86 bits per heavy atom. The summed E-state index contributed by atoms with van der Waals surface area (Å²) in [7, 11) is 4.04. The number of nitrogens with one attached hydrogen (secondary N) is 2. The Morgan fingerprint density at radius 1 is 1.29 bits per heavy atom. The van der Waals surface area contributed by atoms with Crippen LogP contribution in [0.5, 0.6) is 0 Å². The molecule has 0 saturated heterocycles. The molecule has 0 bridgehead atoms. The van der Waals surface area contributed by atoms with Gasteiger partial charge in [0.2, 0.25) is 0 Å². The molecule has 0 heterocycles. The lowest BCUT2D eigenvalue weighted by Gasteiger charge is -2.09. The van der Waals surface area contributed by atoms with Crippen LogP contribution in [-0.4, -0.2) is 44.7 Å². The summed E-state index contributed by atoms with van der Waals surface area (Å²) in [5.74, 6) is 0. The van der Waals surface area contributed by atoms with Crippen LogP contribution in [0.4, 0.5) is 4.79 Å². The Morgan fingerprint density at radius 3 is 2.29 bits per heavy atom. The van der Waals surface area contributed by atoms with E-state index < -0.39 is 0 Å². The zero-order valence-corrected chi connectivity index (χ0v) is 10.2. The lowest BCUT2D eigenvalue weighted by Crippen LogP contribution is -2.36. The van der Waals surface area contributed by atoms with Gasteiger partial charge in [-0.2, -0.15) is 0 Å². The SMILES string of the molecule is CC.CCNC(=O)NCCCN(C)C.[HH]. The van der Waals surface area contributed by atoms with E-state index in [1.165, 1.54) is 0 Å². The van der Waals surface area contributed by atoms with Gasteiger partial charge in [0.05, 0.1) is 0 Å². The highest BCUT2D eigenvalue weighted by Gasteiger charge is 1.95. The quantitative estimate of drug-likeness (QED) is 0.669. The number of urea groups is 1. The number of nitrogens with zero attached hydrogens (tertiary/aromatic N) is 1. The molecule has 0 unspecified atom stereocenters. The predicted octanol–water partition coefficient (Wildman–Crippen LogP) is 1.53. The van der Waals surface area contributed by atoms with Crippen LogP contribution >= 0.6 is 0 Å². The van der Waals surface area contributed by atoms with E-state index in [1.54, 1.807) is 0 Å². The van der Waals surface area contributed by atoms with Gasteiger partial charge in [-0.1, -0.05) is 13.8 Å². The zero-order valence-electron chi connectivity index (χ0n) is 10.2. The topological polar surface area (TPSA) is 44.4 Å². The number of carbonyl (C=O) groups excluding carboxylic acids is 1. The summed E-state index contributed by atoms with van der Waals surface area (Å²) in [5.41, 5.74) is 0. The Hall–Kier alpha value is -0.770. The maximum Gasteiger partial charge on any atom is 0.314 e. The number of hydrogen-bond donors (Lipinski definition) is 2. The van der Waals surface area contributed by atoms with Crippen LogP contribution in [0.15, 0.2) is 0 Å². The minimum atomic E-state index is -0.0729. The van der Waals surface area contributed by atoms with Crippen molar-refractivity contribution in [1.82, 2.24) is 15.5 Å². The molecule has 0 atom stereocenters. The molecule has 0 aliphatic carbocycles. The molecular weight excluding hydrogens is 178 g/mol. The summed E-state index contributed by atoms with van der Waals surface area (Å²) in [6.45, 7) is 8.33. The fourth-order valence-corrected chi connectivity index (χ4v) is 0.820. The first-order valence-corrected chi connectivity index (χ1v) is 5.33. The molecule has 88 valence electrons. The molecule has 14 heavy (non-hydrogen) atoms. The van der Waals surface area contributed by atoms with E-state index in [-0.39, 0.29) is 7.46 Å². The van der Waals surface area contributed by atoms with Crippen molar-refractivity contribution in [3.63, 3.8) is 0 Å². The van der Waals surface area contributed by atoms with Crippen LogP contribution in [0.2, 0.25) is 0 Å². The molecule has 0 aliphatic rings. The normalized spacial score (nSPS) is 9.00. The number of hydrogen-bond acceptors (Lipinski definition) is 2. The third kappa shape index (κ3) is 13.8. The standard InChI is InChI=1S/C8H19N3O.C2H6.H2/c1-4-9-8(12)10-6-5-7-11(2)3;1-2;/h4-7H2,1-3H3,(H2,9,10,12);1-2H3;1H. The number of amides is 2. The zero-order chi connectivity index (χ0) is 11.4. The molecule has 0 aromatic rings. The second-order valence-corrected chi connectivity index (χ2v) is 2.94. The van der Waals surface area contributed by atoms with Gasteiger partial charge >= 0.3 is 6.03 Å². The second kappa shape index (κ2) is 12.2. The fourth-order valence-electron chi connectivity index (χ4n) is 0.820. The minimum Gasteiger partial charge on any atom is -0.338 e. The second-order valence-electron chi connectivity index (χ2n) is 2.94. The molecule has 4 nitrogen and oxygen atoms in total. The fraction of sp³-hybridized carbons (Fsp3) is 0.900. The Bertz CT molecular complexity index is 132. The van der Waals surface area contributed by atoms with Crippen LogP contribution in [0.25, 0.3) is 0 Å². The van der Waals surface area contributed by atoms with Crippen molar-refractivity contribution in [3.05, 3.63) is 0 Å². The van der Waals surface area contributed by atoms with Crippen molar-refractivity contribution in [1.29, 1.82) is 0 Å². The average molecular weight is 205 g/mol. The Balaban J connectivity index is -0.000000449. The van der Waals surface area contributed by atoms with Gasteiger partial charge in [0, 0.05) is 14.5 Å². The van der Waals surface area contributed by atoms with Gasteiger partial charge < -0.3 is 15.5 Å². The Labute approximate surface area is 89.5 Å². The molecule has 0 spiro atoms.